The number of carbonyl (C=O) groups is 2. The normalized spacial score (nSPS) is 17.0. The first-order valence-corrected chi connectivity index (χ1v) is 7.30. The van der Waals surface area contributed by atoms with E-state index in [1.807, 2.05) is 0 Å². The molecule has 1 aromatic carbocycles. The van der Waals surface area contributed by atoms with Gasteiger partial charge in [-0.3, -0.25) is 0 Å². The number of carboxylic acid groups (broad SMARTS) is 1. The van der Waals surface area contributed by atoms with E-state index in [1.165, 1.54) is 19.1 Å². The average Bonchev–Trinajstić information content (AvgIpc) is 2.54. The summed E-state index contributed by atoms with van der Waals surface area (Å²) in [6.45, 7) is 3.02. The van der Waals surface area contributed by atoms with E-state index in [1.54, 1.807) is 13.0 Å². The molecule has 1 aliphatic heterocycles. The van der Waals surface area contributed by atoms with E-state index < -0.39 is 23.7 Å². The highest BCUT2D eigenvalue weighted by atomic mass is 19.1. The summed E-state index contributed by atoms with van der Waals surface area (Å²) in [4.78, 5) is 23.9. The van der Waals surface area contributed by atoms with E-state index in [2.05, 4.69) is 0 Å². The van der Waals surface area contributed by atoms with Gasteiger partial charge in [0, 0.05) is 5.56 Å². The molecule has 0 aromatic heterocycles. The van der Waals surface area contributed by atoms with Crippen LogP contribution in [0.5, 0.6) is 0 Å². The Morgan fingerprint density at radius 3 is 2.72 bits per heavy atom. The van der Waals surface area contributed by atoms with Gasteiger partial charge in [-0.1, -0.05) is 6.07 Å². The van der Waals surface area contributed by atoms with Crippen LogP contribution >= 0.6 is 0 Å². The Morgan fingerprint density at radius 1 is 1.48 bits per heavy atom. The predicted octanol–water partition coefficient (Wildman–Crippen LogP) is 2.17. The molecule has 7 nitrogen and oxygen atoms in total. The SMILES string of the molecule is CCOC(=O)C1=C(C)OC(N)=C(C#N)C1c1c(F)cccc1C(=O)O. The van der Waals surface area contributed by atoms with Crippen LogP contribution in [0.15, 0.2) is 41.0 Å². The number of aromatic carboxylic acids is 1. The first-order valence-electron chi connectivity index (χ1n) is 7.30. The summed E-state index contributed by atoms with van der Waals surface area (Å²) in [5.74, 6) is -4.79. The van der Waals surface area contributed by atoms with Crippen LogP contribution in [0.3, 0.4) is 0 Å². The van der Waals surface area contributed by atoms with Crippen molar-refractivity contribution in [2.75, 3.05) is 6.61 Å². The van der Waals surface area contributed by atoms with E-state index in [9.17, 15) is 24.3 Å². The number of hydrogen-bond donors (Lipinski definition) is 2. The lowest BCUT2D eigenvalue weighted by atomic mass is 9.80. The molecule has 0 saturated carbocycles. The number of esters is 1. The van der Waals surface area contributed by atoms with Crippen molar-refractivity contribution in [1.82, 2.24) is 0 Å². The maximum atomic E-state index is 14.5. The Kier molecular flexibility index (Phi) is 5.08. The smallest absolute Gasteiger partial charge is 0.338 e. The minimum absolute atomic E-state index is 0.0135. The molecule has 1 unspecified atom stereocenters. The van der Waals surface area contributed by atoms with Crippen LogP contribution in [-0.2, 0) is 14.3 Å². The van der Waals surface area contributed by atoms with E-state index in [4.69, 9.17) is 15.2 Å². The first-order chi connectivity index (χ1) is 11.8. The van der Waals surface area contributed by atoms with Crippen LogP contribution in [0.2, 0.25) is 0 Å². The van der Waals surface area contributed by atoms with Gasteiger partial charge < -0.3 is 20.3 Å². The maximum Gasteiger partial charge on any atom is 0.338 e. The zero-order chi connectivity index (χ0) is 18.7. The second-order valence-electron chi connectivity index (χ2n) is 5.12. The lowest BCUT2D eigenvalue weighted by Crippen LogP contribution is -2.27. The Morgan fingerprint density at radius 2 is 2.16 bits per heavy atom. The van der Waals surface area contributed by atoms with Crippen molar-refractivity contribution in [2.24, 2.45) is 5.73 Å². The number of carboxylic acids is 1. The lowest BCUT2D eigenvalue weighted by molar-refractivity contribution is -0.139. The van der Waals surface area contributed by atoms with E-state index in [0.29, 0.717) is 0 Å². The molecule has 0 amide bonds. The minimum atomic E-state index is -1.40. The third-order valence-corrected chi connectivity index (χ3v) is 3.67. The van der Waals surface area contributed by atoms with Crippen molar-refractivity contribution in [3.05, 3.63) is 57.9 Å². The summed E-state index contributed by atoms with van der Waals surface area (Å²) in [7, 11) is 0. The molecule has 25 heavy (non-hydrogen) atoms. The van der Waals surface area contributed by atoms with Crippen LogP contribution in [0.4, 0.5) is 4.39 Å². The number of carbonyl (C=O) groups excluding carboxylic acids is 1. The maximum absolute atomic E-state index is 14.5. The lowest BCUT2D eigenvalue weighted by Gasteiger charge is -2.27. The van der Waals surface area contributed by atoms with Crippen LogP contribution in [0.25, 0.3) is 0 Å². The van der Waals surface area contributed by atoms with Gasteiger partial charge in [0.25, 0.3) is 0 Å². The van der Waals surface area contributed by atoms with Crippen molar-refractivity contribution < 1.29 is 28.6 Å². The van der Waals surface area contributed by atoms with Gasteiger partial charge in [0.15, 0.2) is 0 Å². The third kappa shape index (κ3) is 3.17. The second-order valence-corrected chi connectivity index (χ2v) is 5.12. The number of nitrogens with zero attached hydrogens (tertiary/aromatic N) is 1. The van der Waals surface area contributed by atoms with Crippen molar-refractivity contribution in [3.63, 3.8) is 0 Å². The number of nitrogens with two attached hydrogens (primary N) is 1. The molecule has 3 N–H and O–H groups in total. The van der Waals surface area contributed by atoms with Gasteiger partial charge >= 0.3 is 11.9 Å². The van der Waals surface area contributed by atoms with Gasteiger partial charge in [-0.25, -0.2) is 14.0 Å². The summed E-state index contributed by atoms with van der Waals surface area (Å²) in [5, 5.41) is 18.8. The molecule has 2 rings (SSSR count). The van der Waals surface area contributed by atoms with E-state index in [-0.39, 0.29) is 40.5 Å². The molecule has 0 fully saturated rings. The molecule has 8 heteroatoms. The van der Waals surface area contributed by atoms with Crippen LogP contribution < -0.4 is 5.73 Å². The Labute approximate surface area is 142 Å². The fourth-order valence-electron chi connectivity index (χ4n) is 2.66. The Balaban J connectivity index is 2.81. The second kappa shape index (κ2) is 7.05. The van der Waals surface area contributed by atoms with Crippen LogP contribution in [0.1, 0.15) is 35.7 Å². The van der Waals surface area contributed by atoms with Gasteiger partial charge in [0.1, 0.15) is 23.2 Å². The van der Waals surface area contributed by atoms with Gasteiger partial charge in [-0.15, -0.1) is 0 Å². The van der Waals surface area contributed by atoms with Crippen LogP contribution in [0, 0.1) is 17.1 Å². The van der Waals surface area contributed by atoms with Crippen molar-refractivity contribution in [2.45, 2.75) is 19.8 Å². The molecule has 1 heterocycles. The van der Waals surface area contributed by atoms with Crippen LogP contribution in [-0.4, -0.2) is 23.7 Å². The monoisotopic (exact) mass is 346 g/mol. The zero-order valence-corrected chi connectivity index (χ0v) is 13.5. The highest BCUT2D eigenvalue weighted by Gasteiger charge is 2.39. The number of halogens is 1. The molecule has 0 bridgehead atoms. The first kappa shape index (κ1) is 18.0. The quantitative estimate of drug-likeness (QED) is 0.801. The number of allylic oxidation sites excluding steroid dienone is 2. The Bertz CT molecular complexity index is 851. The standard InChI is InChI=1S/C17H15FN2O5/c1-3-24-17(23)12-8(2)25-15(20)10(7-19)14(12)13-9(16(21)22)5-4-6-11(13)18/h4-6,14H,3,20H2,1-2H3,(H,21,22). The van der Waals surface area contributed by atoms with Gasteiger partial charge in [-0.05, 0) is 26.0 Å². The number of ether oxygens (including phenoxy) is 2. The summed E-state index contributed by atoms with van der Waals surface area (Å²) in [5.41, 5.74) is 4.54. The summed E-state index contributed by atoms with van der Waals surface area (Å²) in [6.07, 6.45) is 0. The van der Waals surface area contributed by atoms with Gasteiger partial charge in [0.05, 0.1) is 23.7 Å². The van der Waals surface area contributed by atoms with Crippen molar-refractivity contribution >= 4 is 11.9 Å². The molecule has 130 valence electrons. The molecule has 0 radical (unpaired) electrons. The topological polar surface area (TPSA) is 123 Å². The van der Waals surface area contributed by atoms with Gasteiger partial charge in [0.2, 0.25) is 5.88 Å². The molecule has 0 spiro atoms. The molecule has 0 saturated heterocycles. The molecule has 1 aromatic rings. The fourth-order valence-corrected chi connectivity index (χ4v) is 2.66. The largest absolute Gasteiger partial charge is 0.478 e. The highest BCUT2D eigenvalue weighted by molar-refractivity contribution is 5.95. The summed E-state index contributed by atoms with van der Waals surface area (Å²) >= 11 is 0. The number of nitriles is 1. The number of benzene rings is 1. The minimum Gasteiger partial charge on any atom is -0.478 e. The predicted molar refractivity (Wildman–Crippen MR) is 83.3 cm³/mol. The molecular weight excluding hydrogens is 331 g/mol. The number of hydrogen-bond acceptors (Lipinski definition) is 6. The van der Waals surface area contributed by atoms with Crippen molar-refractivity contribution in [3.8, 4) is 6.07 Å². The van der Waals surface area contributed by atoms with E-state index >= 15 is 0 Å². The summed E-state index contributed by atoms with van der Waals surface area (Å²) in [6, 6.07) is 5.22. The third-order valence-electron chi connectivity index (χ3n) is 3.67. The molecular formula is C17H15FN2O5. The molecule has 0 aliphatic carbocycles. The average molecular weight is 346 g/mol. The Hall–Kier alpha value is -3.34. The fraction of sp³-hybridized carbons (Fsp3) is 0.235. The summed E-state index contributed by atoms with van der Waals surface area (Å²) < 4.78 is 24.7. The van der Waals surface area contributed by atoms with Crippen molar-refractivity contribution in [1.29, 1.82) is 5.26 Å². The molecule has 1 aliphatic rings. The molecule has 1 atom stereocenters. The zero-order valence-electron chi connectivity index (χ0n) is 13.5. The highest BCUT2D eigenvalue weighted by Crippen LogP contribution is 2.41. The van der Waals surface area contributed by atoms with Gasteiger partial charge in [-0.2, -0.15) is 5.26 Å². The number of rotatable bonds is 4. The van der Waals surface area contributed by atoms with E-state index in [0.717, 1.165) is 6.07 Å².